The van der Waals surface area contributed by atoms with E-state index < -0.39 is 6.04 Å². The molecule has 0 spiro atoms. The van der Waals surface area contributed by atoms with Crippen LogP contribution in [0.3, 0.4) is 0 Å². The van der Waals surface area contributed by atoms with Crippen LogP contribution in [-0.2, 0) is 16.0 Å². The highest BCUT2D eigenvalue weighted by Crippen LogP contribution is 2.38. The number of carbonyl (C=O) groups excluding carboxylic acids is 2. The van der Waals surface area contributed by atoms with E-state index in [-0.39, 0.29) is 18.2 Å². The maximum absolute atomic E-state index is 13.1. The number of ether oxygens (including phenoxy) is 3. The normalized spacial score (nSPS) is 15.7. The third-order valence-corrected chi connectivity index (χ3v) is 6.40. The van der Waals surface area contributed by atoms with Crippen LogP contribution >= 0.6 is 23.2 Å². The number of hydrogen-bond donors (Lipinski definition) is 1. The molecule has 0 bridgehead atoms. The summed E-state index contributed by atoms with van der Waals surface area (Å²) < 4.78 is 16.1. The zero-order chi connectivity index (χ0) is 24.0. The molecule has 0 aliphatic carbocycles. The number of halogens is 2. The minimum Gasteiger partial charge on any atom is -0.493 e. The minimum absolute atomic E-state index is 0.0715. The van der Waals surface area contributed by atoms with Crippen molar-refractivity contribution >= 4 is 40.7 Å². The van der Waals surface area contributed by atoms with Gasteiger partial charge in [0.25, 0.3) is 0 Å². The van der Waals surface area contributed by atoms with Gasteiger partial charge < -0.3 is 24.4 Å². The Balaban J connectivity index is 1.68. The van der Waals surface area contributed by atoms with Crippen molar-refractivity contribution in [2.75, 3.05) is 33.2 Å². The predicted molar refractivity (Wildman–Crippen MR) is 129 cm³/mol. The molecule has 33 heavy (non-hydrogen) atoms. The Bertz CT molecular complexity index is 989. The van der Waals surface area contributed by atoms with E-state index in [1.54, 1.807) is 44.4 Å². The first-order valence-electron chi connectivity index (χ1n) is 10.7. The number of amides is 2. The van der Waals surface area contributed by atoms with Crippen LogP contribution in [0.2, 0.25) is 10.0 Å². The third-order valence-electron chi connectivity index (χ3n) is 5.66. The number of benzene rings is 2. The molecule has 1 saturated heterocycles. The first-order valence-corrected chi connectivity index (χ1v) is 11.5. The van der Waals surface area contributed by atoms with Crippen molar-refractivity contribution < 1.29 is 23.8 Å². The monoisotopic (exact) mass is 494 g/mol. The Morgan fingerprint density at radius 2 is 1.70 bits per heavy atom. The summed E-state index contributed by atoms with van der Waals surface area (Å²) in [7, 11) is 4.65. The summed E-state index contributed by atoms with van der Waals surface area (Å²) in [4.78, 5) is 27.7. The largest absolute Gasteiger partial charge is 0.493 e. The molecule has 0 radical (unpaired) electrons. The van der Waals surface area contributed by atoms with E-state index >= 15 is 0 Å². The highest BCUT2D eigenvalue weighted by atomic mass is 35.5. The third kappa shape index (κ3) is 6.03. The van der Waals surface area contributed by atoms with Gasteiger partial charge in [-0.05, 0) is 61.6 Å². The number of piperidine rings is 1. The zero-order valence-electron chi connectivity index (χ0n) is 19.0. The van der Waals surface area contributed by atoms with Crippen molar-refractivity contribution in [3.8, 4) is 17.2 Å². The molecule has 3 rings (SSSR count). The van der Waals surface area contributed by atoms with Crippen LogP contribution < -0.4 is 19.5 Å². The summed E-state index contributed by atoms with van der Waals surface area (Å²) in [6, 6.07) is 8.05. The predicted octanol–water partition coefficient (Wildman–Crippen LogP) is 4.97. The van der Waals surface area contributed by atoms with Crippen LogP contribution in [0, 0.1) is 0 Å². The van der Waals surface area contributed by atoms with Gasteiger partial charge in [0.2, 0.25) is 17.6 Å². The minimum atomic E-state index is -0.527. The second kappa shape index (κ2) is 11.5. The number of likely N-dealkylation sites (tertiary alicyclic amines) is 1. The van der Waals surface area contributed by atoms with Gasteiger partial charge in [0.15, 0.2) is 11.5 Å². The maximum atomic E-state index is 13.1. The molecule has 9 heteroatoms. The van der Waals surface area contributed by atoms with Crippen molar-refractivity contribution in [2.45, 2.75) is 38.1 Å². The number of nitrogens with one attached hydrogen (secondary N) is 1. The molecule has 178 valence electrons. The summed E-state index contributed by atoms with van der Waals surface area (Å²) in [5.74, 6) is 1.28. The van der Waals surface area contributed by atoms with Gasteiger partial charge in [-0.3, -0.25) is 9.59 Å². The van der Waals surface area contributed by atoms with Crippen LogP contribution in [0.5, 0.6) is 17.2 Å². The number of anilines is 1. The van der Waals surface area contributed by atoms with E-state index in [0.29, 0.717) is 52.4 Å². The first kappa shape index (κ1) is 25.0. The van der Waals surface area contributed by atoms with Crippen LogP contribution in [0.1, 0.15) is 31.2 Å². The molecule has 1 N–H and O–H groups in total. The quantitative estimate of drug-likeness (QED) is 0.560. The SMILES string of the molecule is COc1cc(CCC(=O)N2CCCCC2C(=O)Nc2ccc(Cl)c(Cl)c2)cc(OC)c1OC. The topological polar surface area (TPSA) is 77.1 Å². The number of rotatable bonds is 8. The number of carbonyl (C=O) groups is 2. The molecule has 2 amide bonds. The Morgan fingerprint density at radius 1 is 1.00 bits per heavy atom. The molecule has 0 aromatic heterocycles. The summed E-state index contributed by atoms with van der Waals surface area (Å²) in [5.41, 5.74) is 1.43. The Hall–Kier alpha value is -2.64. The highest BCUT2D eigenvalue weighted by Gasteiger charge is 2.32. The lowest BCUT2D eigenvalue weighted by atomic mass is 9.99. The van der Waals surface area contributed by atoms with Gasteiger partial charge in [-0.2, -0.15) is 0 Å². The summed E-state index contributed by atoms with van der Waals surface area (Å²) in [6.45, 7) is 0.549. The molecule has 1 aliphatic heterocycles. The molecule has 1 unspecified atom stereocenters. The first-order chi connectivity index (χ1) is 15.9. The van der Waals surface area contributed by atoms with Gasteiger partial charge in [-0.1, -0.05) is 23.2 Å². The molecule has 1 atom stereocenters. The van der Waals surface area contributed by atoms with Crippen molar-refractivity contribution in [3.05, 3.63) is 45.9 Å². The van der Waals surface area contributed by atoms with E-state index in [1.807, 2.05) is 12.1 Å². The molecule has 0 saturated carbocycles. The van der Waals surface area contributed by atoms with E-state index in [4.69, 9.17) is 37.4 Å². The van der Waals surface area contributed by atoms with Crippen molar-refractivity contribution in [3.63, 3.8) is 0 Å². The van der Waals surface area contributed by atoms with Crippen LogP contribution in [0.4, 0.5) is 5.69 Å². The second-order valence-corrected chi connectivity index (χ2v) is 8.56. The fourth-order valence-corrected chi connectivity index (χ4v) is 4.27. The van der Waals surface area contributed by atoms with Crippen LogP contribution in [0.25, 0.3) is 0 Å². The number of nitrogens with zero attached hydrogens (tertiary/aromatic N) is 1. The van der Waals surface area contributed by atoms with Crippen molar-refractivity contribution in [1.82, 2.24) is 4.90 Å². The average molecular weight is 495 g/mol. The molecule has 2 aromatic carbocycles. The Morgan fingerprint density at radius 3 is 2.30 bits per heavy atom. The van der Waals surface area contributed by atoms with E-state index in [0.717, 1.165) is 18.4 Å². The number of hydrogen-bond acceptors (Lipinski definition) is 5. The molecule has 1 fully saturated rings. The van der Waals surface area contributed by atoms with Gasteiger partial charge in [0, 0.05) is 18.7 Å². The lowest BCUT2D eigenvalue weighted by Crippen LogP contribution is -2.50. The molecule has 7 nitrogen and oxygen atoms in total. The molecule has 2 aromatic rings. The fourth-order valence-electron chi connectivity index (χ4n) is 3.98. The average Bonchev–Trinajstić information content (AvgIpc) is 2.83. The van der Waals surface area contributed by atoms with E-state index in [1.165, 1.54) is 0 Å². The molecular weight excluding hydrogens is 467 g/mol. The second-order valence-electron chi connectivity index (χ2n) is 7.75. The maximum Gasteiger partial charge on any atom is 0.247 e. The van der Waals surface area contributed by atoms with Crippen molar-refractivity contribution in [2.24, 2.45) is 0 Å². The Labute approximate surface area is 203 Å². The van der Waals surface area contributed by atoms with Gasteiger partial charge >= 0.3 is 0 Å². The van der Waals surface area contributed by atoms with Gasteiger partial charge in [0.1, 0.15) is 6.04 Å². The standard InChI is InChI=1S/C24H28Cl2N2O5/c1-31-20-12-15(13-21(32-2)23(20)33-3)7-10-22(29)28-11-5-4-6-19(28)24(30)27-16-8-9-17(25)18(26)14-16/h8-9,12-14,19H,4-7,10-11H2,1-3H3,(H,27,30). The van der Waals surface area contributed by atoms with Crippen molar-refractivity contribution in [1.29, 1.82) is 0 Å². The van der Waals surface area contributed by atoms with Crippen LogP contribution in [0.15, 0.2) is 30.3 Å². The molecular formula is C24H28Cl2N2O5. The number of aryl methyl sites for hydroxylation is 1. The van der Waals surface area contributed by atoms with E-state index in [9.17, 15) is 9.59 Å². The molecule has 1 heterocycles. The number of methoxy groups -OCH3 is 3. The molecule has 1 aliphatic rings. The smallest absolute Gasteiger partial charge is 0.247 e. The van der Waals surface area contributed by atoms with Gasteiger partial charge in [-0.25, -0.2) is 0 Å². The van der Waals surface area contributed by atoms with Gasteiger partial charge in [0.05, 0.1) is 31.4 Å². The van der Waals surface area contributed by atoms with E-state index in [2.05, 4.69) is 5.32 Å². The van der Waals surface area contributed by atoms with Gasteiger partial charge in [-0.15, -0.1) is 0 Å². The fraction of sp³-hybridized carbons (Fsp3) is 0.417. The summed E-state index contributed by atoms with van der Waals surface area (Å²) >= 11 is 12.0. The Kier molecular flexibility index (Phi) is 8.69. The van der Waals surface area contributed by atoms with Crippen LogP contribution in [-0.4, -0.2) is 50.6 Å². The summed E-state index contributed by atoms with van der Waals surface area (Å²) in [6.07, 6.45) is 3.11. The highest BCUT2D eigenvalue weighted by molar-refractivity contribution is 6.42. The lowest BCUT2D eigenvalue weighted by molar-refractivity contribution is -0.140. The zero-order valence-corrected chi connectivity index (χ0v) is 20.5. The summed E-state index contributed by atoms with van der Waals surface area (Å²) in [5, 5.41) is 3.63. The lowest BCUT2D eigenvalue weighted by Gasteiger charge is -2.35.